The SMILES string of the molecule is Cc1cccc(N2CCN(Cc3cccc(Cl)c3Cl)CC2)c1C. The molecule has 1 heterocycles. The van der Waals surface area contributed by atoms with Crippen LogP contribution in [0.4, 0.5) is 5.69 Å². The Kier molecular flexibility index (Phi) is 5.15. The standard InChI is InChI=1S/C19H22Cl2N2/c1-14-5-3-8-18(15(14)2)23-11-9-22(10-12-23)13-16-6-4-7-17(20)19(16)21/h3-8H,9-13H2,1-2H3. The molecule has 122 valence electrons. The van der Waals surface area contributed by atoms with Crippen molar-refractivity contribution in [2.45, 2.75) is 20.4 Å². The molecule has 1 fully saturated rings. The van der Waals surface area contributed by atoms with E-state index in [0.29, 0.717) is 10.0 Å². The maximum atomic E-state index is 6.31. The van der Waals surface area contributed by atoms with Gasteiger partial charge in [-0.25, -0.2) is 0 Å². The summed E-state index contributed by atoms with van der Waals surface area (Å²) in [5, 5.41) is 1.32. The monoisotopic (exact) mass is 348 g/mol. The van der Waals surface area contributed by atoms with E-state index in [1.807, 2.05) is 12.1 Å². The molecule has 3 rings (SSSR count). The van der Waals surface area contributed by atoms with E-state index < -0.39 is 0 Å². The number of nitrogens with zero attached hydrogens (tertiary/aromatic N) is 2. The van der Waals surface area contributed by atoms with Crippen LogP contribution < -0.4 is 4.90 Å². The summed E-state index contributed by atoms with van der Waals surface area (Å²) in [7, 11) is 0. The Hall–Kier alpha value is -1.22. The summed E-state index contributed by atoms with van der Waals surface area (Å²) >= 11 is 12.4. The van der Waals surface area contributed by atoms with Crippen LogP contribution in [-0.4, -0.2) is 31.1 Å². The Bertz CT molecular complexity index is 692. The van der Waals surface area contributed by atoms with E-state index >= 15 is 0 Å². The Morgan fingerprint density at radius 1 is 0.913 bits per heavy atom. The number of halogens is 2. The van der Waals surface area contributed by atoms with Gasteiger partial charge in [0.25, 0.3) is 0 Å². The third-order valence-electron chi connectivity index (χ3n) is 4.71. The van der Waals surface area contributed by atoms with Crippen LogP contribution in [0.25, 0.3) is 0 Å². The normalized spacial score (nSPS) is 15.9. The second-order valence-electron chi connectivity index (χ2n) is 6.20. The van der Waals surface area contributed by atoms with Gasteiger partial charge in [-0.2, -0.15) is 0 Å². The van der Waals surface area contributed by atoms with E-state index in [2.05, 4.69) is 47.9 Å². The third-order valence-corrected chi connectivity index (χ3v) is 5.57. The third kappa shape index (κ3) is 3.65. The second-order valence-corrected chi connectivity index (χ2v) is 6.98. The highest BCUT2D eigenvalue weighted by molar-refractivity contribution is 6.42. The fraction of sp³-hybridized carbons (Fsp3) is 0.368. The number of aryl methyl sites for hydroxylation is 1. The second kappa shape index (κ2) is 7.12. The van der Waals surface area contributed by atoms with Gasteiger partial charge in [0.05, 0.1) is 10.0 Å². The van der Waals surface area contributed by atoms with Gasteiger partial charge in [0.15, 0.2) is 0 Å². The van der Waals surface area contributed by atoms with E-state index in [4.69, 9.17) is 23.2 Å². The van der Waals surface area contributed by atoms with E-state index in [-0.39, 0.29) is 0 Å². The largest absolute Gasteiger partial charge is 0.369 e. The van der Waals surface area contributed by atoms with Crippen molar-refractivity contribution in [3.8, 4) is 0 Å². The zero-order valence-corrected chi connectivity index (χ0v) is 15.2. The predicted octanol–water partition coefficient (Wildman–Crippen LogP) is 4.93. The van der Waals surface area contributed by atoms with Gasteiger partial charge in [0, 0.05) is 38.4 Å². The highest BCUT2D eigenvalue weighted by atomic mass is 35.5. The minimum atomic E-state index is 0.637. The molecule has 0 radical (unpaired) electrons. The quantitative estimate of drug-likeness (QED) is 0.775. The first-order valence-corrected chi connectivity index (χ1v) is 8.78. The summed E-state index contributed by atoms with van der Waals surface area (Å²) in [6.07, 6.45) is 0. The minimum Gasteiger partial charge on any atom is -0.369 e. The van der Waals surface area contributed by atoms with Gasteiger partial charge in [-0.05, 0) is 42.7 Å². The van der Waals surface area contributed by atoms with E-state index in [9.17, 15) is 0 Å². The van der Waals surface area contributed by atoms with Crippen molar-refractivity contribution in [1.82, 2.24) is 4.90 Å². The summed E-state index contributed by atoms with van der Waals surface area (Å²) < 4.78 is 0. The first kappa shape index (κ1) is 16.6. The van der Waals surface area contributed by atoms with Crippen molar-refractivity contribution in [1.29, 1.82) is 0 Å². The zero-order valence-electron chi connectivity index (χ0n) is 13.6. The molecule has 23 heavy (non-hydrogen) atoms. The molecule has 2 aromatic carbocycles. The fourth-order valence-electron chi connectivity index (χ4n) is 3.14. The smallest absolute Gasteiger partial charge is 0.0637 e. The first-order chi connectivity index (χ1) is 11.1. The van der Waals surface area contributed by atoms with Gasteiger partial charge in [-0.1, -0.05) is 47.5 Å². The van der Waals surface area contributed by atoms with Crippen molar-refractivity contribution in [2.75, 3.05) is 31.1 Å². The average Bonchev–Trinajstić information content (AvgIpc) is 2.55. The van der Waals surface area contributed by atoms with Crippen LogP contribution >= 0.6 is 23.2 Å². The zero-order chi connectivity index (χ0) is 16.4. The number of rotatable bonds is 3. The van der Waals surface area contributed by atoms with Crippen molar-refractivity contribution in [2.24, 2.45) is 0 Å². The lowest BCUT2D eigenvalue weighted by Crippen LogP contribution is -2.46. The highest BCUT2D eigenvalue weighted by Crippen LogP contribution is 2.28. The van der Waals surface area contributed by atoms with Crippen LogP contribution in [0.1, 0.15) is 16.7 Å². The highest BCUT2D eigenvalue weighted by Gasteiger charge is 2.19. The summed E-state index contributed by atoms with van der Waals surface area (Å²) in [4.78, 5) is 4.93. The molecule has 4 heteroatoms. The first-order valence-electron chi connectivity index (χ1n) is 8.02. The van der Waals surface area contributed by atoms with Gasteiger partial charge >= 0.3 is 0 Å². The number of anilines is 1. The summed E-state index contributed by atoms with van der Waals surface area (Å²) in [6.45, 7) is 9.41. The molecule has 1 aliphatic heterocycles. The molecule has 0 spiro atoms. The van der Waals surface area contributed by atoms with Gasteiger partial charge in [-0.3, -0.25) is 4.90 Å². The molecule has 0 atom stereocenters. The number of benzene rings is 2. The van der Waals surface area contributed by atoms with Crippen LogP contribution in [0.3, 0.4) is 0 Å². The van der Waals surface area contributed by atoms with E-state index in [1.165, 1.54) is 16.8 Å². The molecule has 2 aromatic rings. The molecule has 0 amide bonds. The van der Waals surface area contributed by atoms with Gasteiger partial charge in [0.1, 0.15) is 0 Å². The van der Waals surface area contributed by atoms with Crippen LogP contribution in [0, 0.1) is 13.8 Å². The lowest BCUT2D eigenvalue weighted by atomic mass is 10.1. The number of hydrogen-bond donors (Lipinski definition) is 0. The van der Waals surface area contributed by atoms with Crippen LogP contribution in [0.15, 0.2) is 36.4 Å². The maximum absolute atomic E-state index is 6.31. The maximum Gasteiger partial charge on any atom is 0.0637 e. The number of piperazine rings is 1. The average molecular weight is 349 g/mol. The Labute approximate surface area is 148 Å². The molecule has 0 saturated carbocycles. The van der Waals surface area contributed by atoms with Gasteiger partial charge in [-0.15, -0.1) is 0 Å². The molecule has 0 N–H and O–H groups in total. The molecule has 0 bridgehead atoms. The molecular formula is C19H22Cl2N2. The molecule has 1 saturated heterocycles. The molecule has 0 unspecified atom stereocenters. The van der Waals surface area contributed by atoms with E-state index in [0.717, 1.165) is 38.3 Å². The molecule has 0 aliphatic carbocycles. The summed E-state index contributed by atoms with van der Waals surface area (Å²) in [5.74, 6) is 0. The molecule has 1 aliphatic rings. The van der Waals surface area contributed by atoms with Gasteiger partial charge in [0.2, 0.25) is 0 Å². The topological polar surface area (TPSA) is 6.48 Å². The van der Waals surface area contributed by atoms with Crippen molar-refractivity contribution in [3.05, 3.63) is 63.1 Å². The van der Waals surface area contributed by atoms with Crippen LogP contribution in [0.5, 0.6) is 0 Å². The lowest BCUT2D eigenvalue weighted by molar-refractivity contribution is 0.250. The molecular weight excluding hydrogens is 327 g/mol. The lowest BCUT2D eigenvalue weighted by Gasteiger charge is -2.37. The molecule has 2 nitrogen and oxygen atoms in total. The Morgan fingerprint density at radius 2 is 1.61 bits per heavy atom. The Balaban J connectivity index is 1.64. The van der Waals surface area contributed by atoms with Crippen LogP contribution in [0.2, 0.25) is 10.0 Å². The molecule has 0 aromatic heterocycles. The summed E-state index contributed by atoms with van der Waals surface area (Å²) in [6, 6.07) is 12.4. The van der Waals surface area contributed by atoms with Crippen molar-refractivity contribution < 1.29 is 0 Å². The number of hydrogen-bond acceptors (Lipinski definition) is 2. The fourth-order valence-corrected chi connectivity index (χ4v) is 3.52. The summed E-state index contributed by atoms with van der Waals surface area (Å²) in [5.41, 5.74) is 5.22. The van der Waals surface area contributed by atoms with Crippen molar-refractivity contribution in [3.63, 3.8) is 0 Å². The van der Waals surface area contributed by atoms with Gasteiger partial charge < -0.3 is 4.90 Å². The van der Waals surface area contributed by atoms with Crippen molar-refractivity contribution >= 4 is 28.9 Å². The van der Waals surface area contributed by atoms with Crippen LogP contribution in [-0.2, 0) is 6.54 Å². The minimum absolute atomic E-state index is 0.637. The van der Waals surface area contributed by atoms with E-state index in [1.54, 1.807) is 0 Å². The predicted molar refractivity (Wildman–Crippen MR) is 99.9 cm³/mol. The Morgan fingerprint density at radius 3 is 2.35 bits per heavy atom.